The first-order valence-electron chi connectivity index (χ1n) is 8.35. The van der Waals surface area contributed by atoms with Crippen LogP contribution in [-0.2, 0) is 11.3 Å². The monoisotopic (exact) mass is 381 g/mol. The van der Waals surface area contributed by atoms with Crippen molar-refractivity contribution in [3.05, 3.63) is 51.3 Å². The normalized spacial score (nSPS) is 17.0. The number of halogens is 2. The molecule has 1 fully saturated rings. The molecule has 25 heavy (non-hydrogen) atoms. The van der Waals surface area contributed by atoms with Gasteiger partial charge in [-0.05, 0) is 44.9 Å². The zero-order valence-electron chi connectivity index (χ0n) is 14.4. The number of nitrogens with zero attached hydrogens (tertiary/aromatic N) is 1. The average Bonchev–Trinajstić information content (AvgIpc) is 3.18. The van der Waals surface area contributed by atoms with Crippen LogP contribution >= 0.6 is 23.2 Å². The molecule has 0 spiro atoms. The molecule has 0 saturated carbocycles. The number of hydrogen-bond donors (Lipinski definition) is 0. The highest BCUT2D eigenvalue weighted by molar-refractivity contribution is 6.37. The minimum atomic E-state index is -0.103. The van der Waals surface area contributed by atoms with Crippen molar-refractivity contribution in [2.75, 3.05) is 13.2 Å². The Balaban J connectivity index is 1.72. The van der Waals surface area contributed by atoms with Gasteiger partial charge < -0.3 is 14.0 Å². The van der Waals surface area contributed by atoms with E-state index in [4.69, 9.17) is 32.7 Å². The van der Waals surface area contributed by atoms with E-state index in [1.807, 2.05) is 19.9 Å². The van der Waals surface area contributed by atoms with Gasteiger partial charge in [-0.15, -0.1) is 0 Å². The summed E-state index contributed by atoms with van der Waals surface area (Å²) in [4.78, 5) is 12.6. The minimum absolute atomic E-state index is 0.0947. The number of ether oxygens (including phenoxy) is 2. The molecule has 0 radical (unpaired) electrons. The van der Waals surface area contributed by atoms with Crippen LogP contribution in [0.2, 0.25) is 10.0 Å². The second kappa shape index (κ2) is 7.81. The zero-order valence-corrected chi connectivity index (χ0v) is 15.9. The Labute approximate surface area is 157 Å². The summed E-state index contributed by atoms with van der Waals surface area (Å²) in [5, 5.41) is 0.785. The third-order valence-electron chi connectivity index (χ3n) is 4.55. The minimum Gasteiger partial charge on any atom is -0.482 e. The Hall–Kier alpha value is -1.49. The summed E-state index contributed by atoms with van der Waals surface area (Å²) < 4.78 is 13.4. The number of carbonyl (C=O) groups is 1. The molecule has 4 nitrogen and oxygen atoms in total. The smallest absolute Gasteiger partial charge is 0.202 e. The van der Waals surface area contributed by atoms with Gasteiger partial charge in [0.05, 0.1) is 16.1 Å². The van der Waals surface area contributed by atoms with Crippen molar-refractivity contribution in [3.8, 4) is 5.75 Å². The van der Waals surface area contributed by atoms with Gasteiger partial charge in [-0.1, -0.05) is 29.3 Å². The number of benzene rings is 1. The Morgan fingerprint density at radius 3 is 2.68 bits per heavy atom. The molecule has 1 aromatic heterocycles. The molecular formula is C19H21Cl2NO3. The third-order valence-corrected chi connectivity index (χ3v) is 5.15. The number of ketones is 1. The third kappa shape index (κ3) is 4.02. The van der Waals surface area contributed by atoms with E-state index in [2.05, 4.69) is 4.57 Å². The average molecular weight is 382 g/mol. The summed E-state index contributed by atoms with van der Waals surface area (Å²) in [6.45, 7) is 5.46. The van der Waals surface area contributed by atoms with Crippen LogP contribution in [-0.4, -0.2) is 29.7 Å². The van der Waals surface area contributed by atoms with E-state index < -0.39 is 0 Å². The van der Waals surface area contributed by atoms with Gasteiger partial charge in [-0.25, -0.2) is 0 Å². The van der Waals surface area contributed by atoms with Crippen LogP contribution in [0.1, 0.15) is 34.6 Å². The second-order valence-electron chi connectivity index (χ2n) is 6.29. The molecule has 1 aromatic carbocycles. The molecule has 0 aliphatic carbocycles. The number of Topliss-reactive ketones (excluding diaryl/α,β-unsaturated/α-hetero) is 1. The van der Waals surface area contributed by atoms with Gasteiger partial charge in [-0.3, -0.25) is 4.79 Å². The number of aromatic nitrogens is 1. The molecule has 1 atom stereocenters. The molecule has 1 saturated heterocycles. The molecule has 2 aromatic rings. The fourth-order valence-electron chi connectivity index (χ4n) is 3.19. The zero-order chi connectivity index (χ0) is 18.0. The number of hydrogen-bond acceptors (Lipinski definition) is 3. The molecule has 0 amide bonds. The molecule has 134 valence electrons. The fourth-order valence-corrected chi connectivity index (χ4v) is 3.70. The highest BCUT2D eigenvalue weighted by Gasteiger charge is 2.21. The maximum Gasteiger partial charge on any atom is 0.202 e. The van der Waals surface area contributed by atoms with E-state index in [1.165, 1.54) is 0 Å². The van der Waals surface area contributed by atoms with E-state index in [0.717, 1.165) is 37.4 Å². The van der Waals surface area contributed by atoms with Gasteiger partial charge in [0.15, 0.2) is 12.4 Å². The van der Waals surface area contributed by atoms with E-state index in [9.17, 15) is 4.79 Å². The van der Waals surface area contributed by atoms with E-state index in [-0.39, 0.29) is 18.5 Å². The number of para-hydroxylation sites is 1. The highest BCUT2D eigenvalue weighted by atomic mass is 35.5. The van der Waals surface area contributed by atoms with Gasteiger partial charge in [0.1, 0.15) is 0 Å². The highest BCUT2D eigenvalue weighted by Crippen LogP contribution is 2.32. The van der Waals surface area contributed by atoms with Crippen molar-refractivity contribution in [1.29, 1.82) is 0 Å². The molecule has 0 bridgehead atoms. The molecule has 1 aliphatic heterocycles. The molecule has 3 rings (SSSR count). The second-order valence-corrected chi connectivity index (χ2v) is 7.11. The first-order valence-corrected chi connectivity index (χ1v) is 9.11. The predicted molar refractivity (Wildman–Crippen MR) is 99.2 cm³/mol. The number of rotatable bonds is 6. The van der Waals surface area contributed by atoms with Crippen LogP contribution in [0.25, 0.3) is 0 Å². The van der Waals surface area contributed by atoms with Crippen LogP contribution in [0, 0.1) is 13.8 Å². The summed E-state index contributed by atoms with van der Waals surface area (Å²) in [6, 6.07) is 7.00. The number of aryl methyl sites for hydroxylation is 1. The topological polar surface area (TPSA) is 40.5 Å². The van der Waals surface area contributed by atoms with Crippen molar-refractivity contribution in [2.24, 2.45) is 0 Å². The predicted octanol–water partition coefficient (Wildman–Crippen LogP) is 4.85. The maximum atomic E-state index is 12.6. The van der Waals surface area contributed by atoms with Gasteiger partial charge in [-0.2, -0.15) is 0 Å². The molecule has 2 heterocycles. The van der Waals surface area contributed by atoms with Crippen LogP contribution in [0.15, 0.2) is 24.3 Å². The van der Waals surface area contributed by atoms with Crippen molar-refractivity contribution in [1.82, 2.24) is 4.57 Å². The Bertz CT molecular complexity index is 759. The fraction of sp³-hybridized carbons (Fsp3) is 0.421. The first kappa shape index (κ1) is 18.3. The molecule has 1 aliphatic rings. The SMILES string of the molecule is Cc1cc(C(=O)COc2c(Cl)cccc2Cl)c(C)n1CC1CCCO1. The van der Waals surface area contributed by atoms with Gasteiger partial charge in [0.25, 0.3) is 0 Å². The lowest BCUT2D eigenvalue weighted by atomic mass is 10.1. The van der Waals surface area contributed by atoms with E-state index in [1.54, 1.807) is 18.2 Å². The quantitative estimate of drug-likeness (QED) is 0.671. The summed E-state index contributed by atoms with van der Waals surface area (Å²) in [5.41, 5.74) is 2.65. The van der Waals surface area contributed by atoms with E-state index >= 15 is 0 Å². The lowest BCUT2D eigenvalue weighted by Gasteiger charge is -2.15. The summed E-state index contributed by atoms with van der Waals surface area (Å²) in [7, 11) is 0. The van der Waals surface area contributed by atoms with Crippen molar-refractivity contribution in [3.63, 3.8) is 0 Å². The van der Waals surface area contributed by atoms with Crippen LogP contribution in [0.5, 0.6) is 5.75 Å². The van der Waals surface area contributed by atoms with Crippen molar-refractivity contribution >= 4 is 29.0 Å². The van der Waals surface area contributed by atoms with E-state index in [0.29, 0.717) is 21.4 Å². The van der Waals surface area contributed by atoms with Crippen LogP contribution < -0.4 is 4.74 Å². The first-order chi connectivity index (χ1) is 12.0. The summed E-state index contributed by atoms with van der Waals surface area (Å²) in [6.07, 6.45) is 2.39. The standard InChI is InChI=1S/C19H21Cl2NO3/c1-12-9-15(13(2)22(12)10-14-5-4-8-24-14)18(23)11-25-19-16(20)6-3-7-17(19)21/h3,6-7,9,14H,4-5,8,10-11H2,1-2H3. The van der Waals surface area contributed by atoms with Crippen LogP contribution in [0.3, 0.4) is 0 Å². The Kier molecular flexibility index (Phi) is 5.72. The molecular weight excluding hydrogens is 361 g/mol. The summed E-state index contributed by atoms with van der Waals surface area (Å²) in [5.74, 6) is 0.245. The lowest BCUT2D eigenvalue weighted by molar-refractivity contribution is 0.0914. The lowest BCUT2D eigenvalue weighted by Crippen LogP contribution is -2.18. The van der Waals surface area contributed by atoms with Crippen LogP contribution in [0.4, 0.5) is 0 Å². The maximum absolute atomic E-state index is 12.6. The molecule has 1 unspecified atom stereocenters. The van der Waals surface area contributed by atoms with Gasteiger partial charge in [0.2, 0.25) is 5.78 Å². The van der Waals surface area contributed by atoms with Crippen molar-refractivity contribution in [2.45, 2.75) is 39.3 Å². The van der Waals surface area contributed by atoms with Gasteiger partial charge in [0, 0.05) is 30.1 Å². The molecule has 6 heteroatoms. The Morgan fingerprint density at radius 2 is 2.04 bits per heavy atom. The number of carbonyl (C=O) groups excluding carboxylic acids is 1. The molecule has 0 N–H and O–H groups in total. The largest absolute Gasteiger partial charge is 0.482 e. The van der Waals surface area contributed by atoms with Gasteiger partial charge >= 0.3 is 0 Å². The Morgan fingerprint density at radius 1 is 1.32 bits per heavy atom. The summed E-state index contributed by atoms with van der Waals surface area (Å²) >= 11 is 12.2. The van der Waals surface area contributed by atoms with Crippen molar-refractivity contribution < 1.29 is 14.3 Å².